The van der Waals surface area contributed by atoms with Gasteiger partial charge in [0.1, 0.15) is 42.3 Å². The van der Waals surface area contributed by atoms with E-state index in [9.17, 15) is 58.5 Å². The molecule has 7 amide bonds. The van der Waals surface area contributed by atoms with E-state index in [2.05, 4.69) is 47.2 Å². The highest BCUT2D eigenvalue weighted by Crippen LogP contribution is 2.24. The second-order valence-electron chi connectivity index (χ2n) is 17.5. The van der Waals surface area contributed by atoms with Crippen LogP contribution in [0.1, 0.15) is 44.2 Å². The number of benzene rings is 2. The number of unbranched alkanes of at least 4 members (excludes halogenated alkanes) is 1. The molecule has 16 N–H and O–H groups in total. The number of H-pyrrole nitrogens is 2. The molecule has 0 radical (unpaired) electrons. The summed E-state index contributed by atoms with van der Waals surface area (Å²) in [6.45, 7) is 1.69. The molecule has 0 saturated carbocycles. The van der Waals surface area contributed by atoms with Crippen molar-refractivity contribution >= 4 is 73.8 Å². The van der Waals surface area contributed by atoms with Crippen LogP contribution in [-0.2, 0) is 52.9 Å². The molecule has 73 heavy (non-hydrogen) atoms. The maximum absolute atomic E-state index is 14.7. The van der Waals surface area contributed by atoms with Crippen molar-refractivity contribution < 1.29 is 48.9 Å². The molecule has 24 nitrogen and oxygen atoms in total. The standard InChI is InChI=1S/C47H64N12O12S2/c1-25(61)35(22-60)54-45(69)37-24-73-72-23-36(55-40(64)30(49)21-59-17-15-38(63)57-47(59)71)44(68)52-33(18-27-10-4-3-5-11-27)42(66)53-34(19-28-20-50-31-13-7-6-12-29(28)31)43(67)51-32(14-8-9-16-48)41(65)58-39(26(2)62)46(70)56-37/h3-7,10-13,15,17,20,25-26,30,32-37,39,50,60-62H,8-9,14,16,18-19,21-24,48-49H2,1-2H3,(H,51,67)(H,52,68)(H,53,66)(H,54,69)(H,55,64)(H,56,70)(H,58,65)(H,57,63,71)/t25?,26?,30-,32-,33-,34+,35+,36-,37-,39-/m0/s1. The highest BCUT2D eigenvalue weighted by Gasteiger charge is 2.36. The van der Waals surface area contributed by atoms with E-state index in [0.29, 0.717) is 24.0 Å². The third-order valence-corrected chi connectivity index (χ3v) is 14.3. The Morgan fingerprint density at radius 1 is 0.781 bits per heavy atom. The number of aliphatic hydroxyl groups is 3. The maximum Gasteiger partial charge on any atom is 0.328 e. The van der Waals surface area contributed by atoms with Crippen LogP contribution in [0.25, 0.3) is 10.9 Å². The van der Waals surface area contributed by atoms with E-state index >= 15 is 0 Å². The molecule has 396 valence electrons. The maximum atomic E-state index is 14.7. The van der Waals surface area contributed by atoms with Crippen molar-refractivity contribution in [1.82, 2.24) is 51.8 Å². The molecule has 26 heteroatoms. The topological polar surface area (TPSA) is 387 Å². The molecular formula is C47H64N12O12S2. The van der Waals surface area contributed by atoms with Gasteiger partial charge in [-0.15, -0.1) is 0 Å². The zero-order valence-electron chi connectivity index (χ0n) is 40.2. The minimum absolute atomic E-state index is 0.00250. The number of rotatable bonds is 17. The molecule has 4 aromatic rings. The van der Waals surface area contributed by atoms with Crippen LogP contribution in [0, 0.1) is 0 Å². The predicted octanol–water partition coefficient (Wildman–Crippen LogP) is -3.50. The van der Waals surface area contributed by atoms with Crippen molar-refractivity contribution in [3.63, 3.8) is 0 Å². The Hall–Kier alpha value is -6.55. The molecule has 1 aliphatic heterocycles. The van der Waals surface area contributed by atoms with Gasteiger partial charge < -0.3 is 69.0 Å². The molecule has 0 bridgehead atoms. The Labute approximate surface area is 427 Å². The third-order valence-electron chi connectivity index (χ3n) is 11.8. The van der Waals surface area contributed by atoms with Gasteiger partial charge in [-0.3, -0.25) is 47.9 Å². The number of para-hydroxylation sites is 1. The summed E-state index contributed by atoms with van der Waals surface area (Å²) in [6.07, 6.45) is 0.541. The van der Waals surface area contributed by atoms with E-state index in [0.717, 1.165) is 49.3 Å². The minimum atomic E-state index is -1.70. The first kappa shape index (κ1) is 57.4. The van der Waals surface area contributed by atoms with Gasteiger partial charge in [-0.1, -0.05) is 70.1 Å². The second kappa shape index (κ2) is 28.0. The number of aromatic nitrogens is 3. The van der Waals surface area contributed by atoms with Crippen LogP contribution in [0.3, 0.4) is 0 Å². The fourth-order valence-corrected chi connectivity index (χ4v) is 9.98. The Morgan fingerprint density at radius 2 is 1.42 bits per heavy atom. The van der Waals surface area contributed by atoms with Crippen LogP contribution in [0.2, 0.25) is 0 Å². The molecule has 1 fully saturated rings. The van der Waals surface area contributed by atoms with Crippen molar-refractivity contribution in [1.29, 1.82) is 0 Å². The van der Waals surface area contributed by atoms with E-state index in [1.165, 1.54) is 13.8 Å². The summed E-state index contributed by atoms with van der Waals surface area (Å²) in [4.78, 5) is 129. The molecule has 0 aliphatic carbocycles. The first-order valence-electron chi connectivity index (χ1n) is 23.6. The largest absolute Gasteiger partial charge is 0.394 e. The Bertz CT molecular complexity index is 2650. The molecule has 1 saturated heterocycles. The van der Waals surface area contributed by atoms with Crippen LogP contribution < -0.4 is 59.9 Å². The van der Waals surface area contributed by atoms with Crippen molar-refractivity contribution in [3.05, 3.63) is 105 Å². The summed E-state index contributed by atoms with van der Waals surface area (Å²) < 4.78 is 0.988. The van der Waals surface area contributed by atoms with Crippen LogP contribution in [0.4, 0.5) is 0 Å². The number of nitrogens with two attached hydrogens (primary N) is 2. The Kier molecular flexibility index (Phi) is 22.0. The average molecular weight is 1050 g/mol. The van der Waals surface area contributed by atoms with E-state index in [1.54, 1.807) is 42.6 Å². The van der Waals surface area contributed by atoms with Crippen molar-refractivity contribution in [2.45, 2.75) is 113 Å². The summed E-state index contributed by atoms with van der Waals surface area (Å²) in [7, 11) is 1.89. The number of aromatic amines is 2. The molecule has 2 aromatic heterocycles. The average Bonchev–Trinajstić information content (AvgIpc) is 3.77. The normalized spacial score (nSPS) is 22.5. The van der Waals surface area contributed by atoms with Crippen LogP contribution >= 0.6 is 21.6 Å². The van der Waals surface area contributed by atoms with Gasteiger partial charge in [-0.2, -0.15) is 0 Å². The lowest BCUT2D eigenvalue weighted by Crippen LogP contribution is -2.62. The number of nitrogens with one attached hydrogen (secondary N) is 9. The number of carbonyl (C=O) groups excluding carboxylic acids is 7. The second-order valence-corrected chi connectivity index (χ2v) is 20.1. The van der Waals surface area contributed by atoms with Gasteiger partial charge in [0.05, 0.1) is 31.4 Å². The predicted molar refractivity (Wildman–Crippen MR) is 273 cm³/mol. The van der Waals surface area contributed by atoms with Gasteiger partial charge in [0.15, 0.2) is 0 Å². The van der Waals surface area contributed by atoms with E-state index in [1.807, 2.05) is 18.2 Å². The summed E-state index contributed by atoms with van der Waals surface area (Å²) in [5.74, 6) is -6.79. The lowest BCUT2D eigenvalue weighted by molar-refractivity contribution is -0.136. The zero-order chi connectivity index (χ0) is 53.2. The van der Waals surface area contributed by atoms with Crippen LogP contribution in [-0.4, -0.2) is 156 Å². The minimum Gasteiger partial charge on any atom is -0.394 e. The quantitative estimate of drug-likeness (QED) is 0.0360. The van der Waals surface area contributed by atoms with Gasteiger partial charge in [0, 0.05) is 53.7 Å². The Balaban J connectivity index is 1.57. The molecular weight excluding hydrogens is 989 g/mol. The van der Waals surface area contributed by atoms with Gasteiger partial charge >= 0.3 is 5.69 Å². The molecule has 2 aromatic carbocycles. The van der Waals surface area contributed by atoms with Crippen molar-refractivity contribution in [2.75, 3.05) is 24.7 Å². The van der Waals surface area contributed by atoms with E-state index in [4.69, 9.17) is 11.5 Å². The fourth-order valence-electron chi connectivity index (χ4n) is 7.65. The smallest absolute Gasteiger partial charge is 0.328 e. The Morgan fingerprint density at radius 3 is 2.10 bits per heavy atom. The number of hydrogen-bond donors (Lipinski definition) is 14. The zero-order valence-corrected chi connectivity index (χ0v) is 41.8. The van der Waals surface area contributed by atoms with Crippen molar-refractivity contribution in [2.24, 2.45) is 11.5 Å². The number of hydrogen-bond acceptors (Lipinski definition) is 16. The van der Waals surface area contributed by atoms with Gasteiger partial charge in [0.2, 0.25) is 41.4 Å². The molecule has 2 unspecified atom stereocenters. The molecule has 1 aliphatic rings. The van der Waals surface area contributed by atoms with Crippen LogP contribution in [0.15, 0.2) is 82.6 Å². The lowest BCUT2D eigenvalue weighted by Gasteiger charge is -2.29. The fraction of sp³-hybridized carbons (Fsp3) is 0.468. The molecule has 10 atom stereocenters. The summed E-state index contributed by atoms with van der Waals surface area (Å²) >= 11 is 0. The first-order valence-corrected chi connectivity index (χ1v) is 26.1. The number of nitrogens with zero attached hydrogens (tertiary/aromatic N) is 1. The molecule has 5 rings (SSSR count). The number of fused-ring (bicyclic) bond motifs is 1. The van der Waals surface area contributed by atoms with Gasteiger partial charge in [-0.05, 0) is 56.8 Å². The third kappa shape index (κ3) is 17.0. The van der Waals surface area contributed by atoms with E-state index < -0.39 is 126 Å². The lowest BCUT2D eigenvalue weighted by atomic mass is 10.0. The van der Waals surface area contributed by atoms with Crippen molar-refractivity contribution in [3.8, 4) is 0 Å². The number of amides is 7. The van der Waals surface area contributed by atoms with Gasteiger partial charge in [-0.25, -0.2) is 4.79 Å². The first-order chi connectivity index (χ1) is 34.9. The highest BCUT2D eigenvalue weighted by molar-refractivity contribution is 8.76. The number of carbonyl (C=O) groups is 7. The monoisotopic (exact) mass is 1050 g/mol. The van der Waals surface area contributed by atoms with Crippen LogP contribution in [0.5, 0.6) is 0 Å². The van der Waals surface area contributed by atoms with Gasteiger partial charge in [0.25, 0.3) is 5.56 Å². The van der Waals surface area contributed by atoms with E-state index in [-0.39, 0.29) is 37.3 Å². The summed E-state index contributed by atoms with van der Waals surface area (Å²) in [6, 6.07) is 5.48. The molecule has 3 heterocycles. The molecule has 0 spiro atoms. The summed E-state index contributed by atoms with van der Waals surface area (Å²) in [5, 5.41) is 50.0. The summed E-state index contributed by atoms with van der Waals surface area (Å²) in [5.41, 5.74) is 12.4. The highest BCUT2D eigenvalue weighted by atomic mass is 33.1. The SMILES string of the molecule is CC(O)[C@@H]1NC(=O)[C@H](CCCCN)NC(=O)[C@@H](Cc2c[nH]c3ccccc23)NC(=O)[C@H](Cc2ccccc2)NC(=O)[C@@H](NC(=O)[C@@H](N)Cn2ccc(=O)[nH]c2=O)CSSC[C@@H](C(=O)N[C@H](CO)C(C)O)NC1=O. The number of aliphatic hydroxyl groups excluding tert-OH is 3.